The first-order valence-electron chi connectivity index (χ1n) is 11.5. The molecule has 1 unspecified atom stereocenters. The largest absolute Gasteiger partial charge is 0.507 e. The number of likely N-dealkylation sites (tertiary alicyclic amines) is 1. The molecule has 6 heteroatoms. The minimum atomic E-state index is -0.702. The Kier molecular flexibility index (Phi) is 7.32. The summed E-state index contributed by atoms with van der Waals surface area (Å²) in [7, 11) is 1.54. The number of Topliss-reactive ketones (excluding diaryl/α,β-unsaturated/α-hetero) is 1. The smallest absolute Gasteiger partial charge is 0.295 e. The van der Waals surface area contributed by atoms with Crippen molar-refractivity contribution >= 4 is 17.4 Å². The molecule has 1 fully saturated rings. The summed E-state index contributed by atoms with van der Waals surface area (Å²) in [6, 6.07) is 22.0. The number of carbonyl (C=O) groups excluding carboxylic acids is 2. The Balaban J connectivity index is 1.70. The molecule has 3 aromatic rings. The number of aryl methyl sites for hydroxylation is 2. The van der Waals surface area contributed by atoms with Gasteiger partial charge in [0.1, 0.15) is 18.1 Å². The van der Waals surface area contributed by atoms with E-state index < -0.39 is 17.7 Å². The fourth-order valence-corrected chi connectivity index (χ4v) is 4.34. The second-order valence-corrected chi connectivity index (χ2v) is 8.65. The predicted molar refractivity (Wildman–Crippen MR) is 134 cm³/mol. The number of hydrogen-bond acceptors (Lipinski definition) is 5. The van der Waals surface area contributed by atoms with Crippen LogP contribution in [0.25, 0.3) is 5.76 Å². The zero-order chi connectivity index (χ0) is 24.9. The summed E-state index contributed by atoms with van der Waals surface area (Å²) in [5.41, 5.74) is 4.15. The number of amides is 1. The second-order valence-electron chi connectivity index (χ2n) is 8.65. The molecule has 0 aromatic heterocycles. The Labute approximate surface area is 205 Å². The third-order valence-electron chi connectivity index (χ3n) is 6.12. The molecule has 180 valence electrons. The molecule has 0 bridgehead atoms. The van der Waals surface area contributed by atoms with Crippen LogP contribution in [-0.4, -0.2) is 42.0 Å². The summed E-state index contributed by atoms with van der Waals surface area (Å²) in [5, 5.41) is 11.3. The third kappa shape index (κ3) is 5.12. The van der Waals surface area contributed by atoms with E-state index in [-0.39, 0.29) is 24.5 Å². The number of hydrogen-bond donors (Lipinski definition) is 1. The van der Waals surface area contributed by atoms with Crippen LogP contribution in [-0.2, 0) is 20.9 Å². The SMILES string of the molecule is COCCN1C(=O)C(=O)/C(=C(\O)c2ccc(OCc3ccccc3)c(C)c2)C1c1cccc(C)c1. The molecule has 0 saturated carbocycles. The lowest BCUT2D eigenvalue weighted by atomic mass is 9.94. The van der Waals surface area contributed by atoms with Gasteiger partial charge in [0.25, 0.3) is 11.7 Å². The van der Waals surface area contributed by atoms with Crippen LogP contribution < -0.4 is 4.74 Å². The van der Waals surface area contributed by atoms with Crippen molar-refractivity contribution in [1.82, 2.24) is 4.90 Å². The van der Waals surface area contributed by atoms with Gasteiger partial charge in [-0.1, -0.05) is 60.2 Å². The lowest BCUT2D eigenvalue weighted by Gasteiger charge is -2.25. The first kappa shape index (κ1) is 24.2. The highest BCUT2D eigenvalue weighted by Crippen LogP contribution is 2.40. The average Bonchev–Trinajstić information content (AvgIpc) is 3.11. The van der Waals surface area contributed by atoms with E-state index in [4.69, 9.17) is 9.47 Å². The lowest BCUT2D eigenvalue weighted by molar-refractivity contribution is -0.140. The average molecular weight is 472 g/mol. The number of ketones is 1. The van der Waals surface area contributed by atoms with Gasteiger partial charge in [-0.25, -0.2) is 0 Å². The minimum absolute atomic E-state index is 0.0778. The van der Waals surface area contributed by atoms with Crippen LogP contribution in [0.5, 0.6) is 5.75 Å². The lowest BCUT2D eigenvalue weighted by Crippen LogP contribution is -2.32. The number of rotatable bonds is 8. The van der Waals surface area contributed by atoms with E-state index in [1.165, 1.54) is 4.90 Å². The molecule has 0 aliphatic carbocycles. The van der Waals surface area contributed by atoms with Crippen LogP contribution in [0.2, 0.25) is 0 Å². The van der Waals surface area contributed by atoms with E-state index in [9.17, 15) is 14.7 Å². The maximum absolute atomic E-state index is 13.1. The standard InChI is InChI=1S/C29H29NO5/c1-19-8-7-11-22(16-19)26-25(28(32)29(33)30(26)14-15-34-3)27(31)23-12-13-24(20(2)17-23)35-18-21-9-5-4-6-10-21/h4-13,16-17,26,31H,14-15,18H2,1-3H3/b27-25-. The molecule has 1 heterocycles. The van der Waals surface area contributed by atoms with E-state index in [2.05, 4.69) is 0 Å². The van der Waals surface area contributed by atoms with Crippen LogP contribution in [0.1, 0.15) is 33.9 Å². The van der Waals surface area contributed by atoms with Gasteiger partial charge in [-0.3, -0.25) is 9.59 Å². The fraction of sp³-hybridized carbons (Fsp3) is 0.241. The summed E-state index contributed by atoms with van der Waals surface area (Å²) in [4.78, 5) is 27.5. The number of methoxy groups -OCH3 is 1. The van der Waals surface area contributed by atoms with Gasteiger partial charge in [-0.2, -0.15) is 0 Å². The first-order valence-corrected chi connectivity index (χ1v) is 11.5. The highest BCUT2D eigenvalue weighted by atomic mass is 16.5. The highest BCUT2D eigenvalue weighted by molar-refractivity contribution is 6.46. The fourth-order valence-electron chi connectivity index (χ4n) is 4.34. The zero-order valence-corrected chi connectivity index (χ0v) is 20.2. The normalized spacial score (nSPS) is 17.1. The number of carbonyl (C=O) groups is 2. The summed E-state index contributed by atoms with van der Waals surface area (Å²) in [6.45, 7) is 4.77. The number of aliphatic hydroxyl groups is 1. The van der Waals surface area contributed by atoms with Crippen molar-refractivity contribution < 1.29 is 24.2 Å². The summed E-state index contributed by atoms with van der Waals surface area (Å²) in [6.07, 6.45) is 0. The van der Waals surface area contributed by atoms with Gasteiger partial charge in [-0.05, 0) is 48.7 Å². The van der Waals surface area contributed by atoms with Crippen LogP contribution >= 0.6 is 0 Å². The van der Waals surface area contributed by atoms with E-state index in [1.54, 1.807) is 25.3 Å². The monoisotopic (exact) mass is 471 g/mol. The zero-order valence-electron chi connectivity index (χ0n) is 20.2. The van der Waals surface area contributed by atoms with Gasteiger partial charge in [0.15, 0.2) is 0 Å². The van der Waals surface area contributed by atoms with Gasteiger partial charge in [0.2, 0.25) is 0 Å². The molecule has 35 heavy (non-hydrogen) atoms. The Morgan fingerprint density at radius 2 is 1.74 bits per heavy atom. The maximum atomic E-state index is 13.1. The van der Waals surface area contributed by atoms with Crippen molar-refractivity contribution in [2.75, 3.05) is 20.3 Å². The molecule has 6 nitrogen and oxygen atoms in total. The van der Waals surface area contributed by atoms with Gasteiger partial charge >= 0.3 is 0 Å². The van der Waals surface area contributed by atoms with Crippen molar-refractivity contribution in [2.45, 2.75) is 26.5 Å². The molecule has 3 aromatic carbocycles. The van der Waals surface area contributed by atoms with Crippen molar-refractivity contribution in [3.05, 3.63) is 106 Å². The van der Waals surface area contributed by atoms with E-state index in [0.29, 0.717) is 17.9 Å². The Hall–Kier alpha value is -3.90. The maximum Gasteiger partial charge on any atom is 0.295 e. The van der Waals surface area contributed by atoms with Crippen molar-refractivity contribution in [3.8, 4) is 5.75 Å². The molecule has 1 aliphatic heterocycles. The van der Waals surface area contributed by atoms with Crippen molar-refractivity contribution in [3.63, 3.8) is 0 Å². The van der Waals surface area contributed by atoms with Crippen LogP contribution in [0.4, 0.5) is 0 Å². The van der Waals surface area contributed by atoms with Gasteiger partial charge in [0, 0.05) is 19.2 Å². The molecule has 1 N–H and O–H groups in total. The molecular formula is C29H29NO5. The molecule has 1 saturated heterocycles. The van der Waals surface area contributed by atoms with Gasteiger partial charge in [0.05, 0.1) is 18.2 Å². The molecule has 0 radical (unpaired) electrons. The Morgan fingerprint density at radius 1 is 0.971 bits per heavy atom. The number of nitrogens with zero attached hydrogens (tertiary/aromatic N) is 1. The number of benzene rings is 3. The number of ether oxygens (including phenoxy) is 2. The molecule has 1 amide bonds. The van der Waals surface area contributed by atoms with Crippen LogP contribution in [0.15, 0.2) is 78.4 Å². The molecule has 4 rings (SSSR count). The van der Waals surface area contributed by atoms with E-state index >= 15 is 0 Å². The first-order chi connectivity index (χ1) is 16.9. The molecular weight excluding hydrogens is 442 g/mol. The second kappa shape index (κ2) is 10.6. The molecule has 1 aliphatic rings. The number of aliphatic hydroxyl groups excluding tert-OH is 1. The molecule has 1 atom stereocenters. The Morgan fingerprint density at radius 3 is 2.43 bits per heavy atom. The van der Waals surface area contributed by atoms with Crippen LogP contribution in [0.3, 0.4) is 0 Å². The molecule has 0 spiro atoms. The summed E-state index contributed by atoms with van der Waals surface area (Å²) >= 11 is 0. The van der Waals surface area contributed by atoms with Crippen molar-refractivity contribution in [1.29, 1.82) is 0 Å². The summed E-state index contributed by atoms with van der Waals surface area (Å²) < 4.78 is 11.1. The minimum Gasteiger partial charge on any atom is -0.507 e. The topological polar surface area (TPSA) is 76.1 Å². The van der Waals surface area contributed by atoms with Gasteiger partial charge < -0.3 is 19.5 Å². The van der Waals surface area contributed by atoms with Gasteiger partial charge in [-0.15, -0.1) is 0 Å². The third-order valence-corrected chi connectivity index (χ3v) is 6.12. The quantitative estimate of drug-likeness (QED) is 0.286. The van der Waals surface area contributed by atoms with Crippen LogP contribution in [0, 0.1) is 13.8 Å². The van der Waals surface area contributed by atoms with E-state index in [0.717, 1.165) is 22.3 Å². The van der Waals surface area contributed by atoms with E-state index in [1.807, 2.05) is 68.4 Å². The highest BCUT2D eigenvalue weighted by Gasteiger charge is 2.45. The van der Waals surface area contributed by atoms with Crippen molar-refractivity contribution in [2.24, 2.45) is 0 Å². The predicted octanol–water partition coefficient (Wildman–Crippen LogP) is 4.95. The Bertz CT molecular complexity index is 1270. The summed E-state index contributed by atoms with van der Waals surface area (Å²) in [5.74, 6) is -0.865.